The zero-order chi connectivity index (χ0) is 14.5. The molecular weight excluding hydrogens is 261 g/mol. The minimum Gasteiger partial charge on any atom is -0.508 e. The van der Waals surface area contributed by atoms with Crippen LogP contribution in [0, 0.1) is 0 Å². The summed E-state index contributed by atoms with van der Waals surface area (Å²) in [4.78, 5) is 0. The average molecular weight is 281 g/mol. The van der Waals surface area contributed by atoms with E-state index in [1.54, 1.807) is 12.1 Å². The van der Waals surface area contributed by atoms with Crippen LogP contribution >= 0.6 is 0 Å². The number of aromatic hydroxyl groups is 1. The number of nitrogens with one attached hydrogen (secondary N) is 1. The molecule has 1 aliphatic rings. The lowest BCUT2D eigenvalue weighted by Gasteiger charge is -2.18. The normalized spacial score (nSPS) is 17.8. The summed E-state index contributed by atoms with van der Waals surface area (Å²) in [5.41, 5.74) is 2.21. The first-order valence-corrected chi connectivity index (χ1v) is 7.52. The Balaban J connectivity index is 1.78. The summed E-state index contributed by atoms with van der Waals surface area (Å²) in [7, 11) is 0. The predicted molar refractivity (Wildman–Crippen MR) is 86.5 cm³/mol. The van der Waals surface area contributed by atoms with Crippen LogP contribution in [0.3, 0.4) is 0 Å². The lowest BCUT2D eigenvalue weighted by molar-refractivity contribution is 0.288. The topological polar surface area (TPSA) is 41.5 Å². The van der Waals surface area contributed by atoms with Crippen molar-refractivity contribution in [3.8, 4) is 5.75 Å². The van der Waals surface area contributed by atoms with Gasteiger partial charge in [-0.3, -0.25) is 0 Å². The van der Waals surface area contributed by atoms with Gasteiger partial charge in [0, 0.05) is 12.6 Å². The number of rotatable bonds is 5. The van der Waals surface area contributed by atoms with Crippen molar-refractivity contribution in [2.75, 3.05) is 13.2 Å². The van der Waals surface area contributed by atoms with E-state index >= 15 is 0 Å². The Hall–Kier alpha value is -1.78. The third-order valence-electron chi connectivity index (χ3n) is 3.92. The summed E-state index contributed by atoms with van der Waals surface area (Å²) >= 11 is 0. The fraction of sp³-hybridized carbons (Fsp3) is 0.294. The molecule has 1 aliphatic heterocycles. The molecule has 1 saturated heterocycles. The molecule has 0 aromatic heterocycles. The minimum atomic E-state index is -0.0887. The van der Waals surface area contributed by atoms with Crippen LogP contribution in [-0.4, -0.2) is 31.2 Å². The van der Waals surface area contributed by atoms with Crippen molar-refractivity contribution in [3.63, 3.8) is 0 Å². The Morgan fingerprint density at radius 2 is 1.76 bits per heavy atom. The molecule has 21 heavy (non-hydrogen) atoms. The molecular formula is C17H20BNO2. The summed E-state index contributed by atoms with van der Waals surface area (Å²) in [6.45, 7) is 1.71. The Morgan fingerprint density at radius 3 is 2.43 bits per heavy atom. The standard InChI is InChI=1S/C17H20BNO2/c20-17-10-8-15(9-11-17)18(14-5-2-1-3-6-14)21-13-16-7-4-12-19-16/h1-3,5-6,8-11,16,19-20H,4,7,12-13H2. The van der Waals surface area contributed by atoms with Gasteiger partial charge in [0.05, 0.1) is 0 Å². The van der Waals surface area contributed by atoms with Crippen molar-refractivity contribution in [2.45, 2.75) is 18.9 Å². The molecule has 4 heteroatoms. The van der Waals surface area contributed by atoms with Gasteiger partial charge in [-0.1, -0.05) is 42.5 Å². The highest BCUT2D eigenvalue weighted by atomic mass is 16.4. The number of hydrogen-bond donors (Lipinski definition) is 2. The molecule has 108 valence electrons. The lowest BCUT2D eigenvalue weighted by atomic mass is 9.55. The molecule has 1 unspecified atom stereocenters. The van der Waals surface area contributed by atoms with Gasteiger partial charge in [-0.15, -0.1) is 0 Å². The minimum absolute atomic E-state index is 0.0887. The first-order chi connectivity index (χ1) is 10.3. The monoisotopic (exact) mass is 281 g/mol. The first kappa shape index (κ1) is 14.2. The van der Waals surface area contributed by atoms with Crippen LogP contribution in [0.5, 0.6) is 5.75 Å². The van der Waals surface area contributed by atoms with E-state index in [1.807, 2.05) is 30.3 Å². The molecule has 2 aromatic rings. The van der Waals surface area contributed by atoms with Crippen LogP contribution in [0.15, 0.2) is 54.6 Å². The van der Waals surface area contributed by atoms with Crippen LogP contribution in [0.1, 0.15) is 12.8 Å². The second-order valence-electron chi connectivity index (χ2n) is 5.51. The third kappa shape index (κ3) is 3.66. The van der Waals surface area contributed by atoms with Gasteiger partial charge in [0.1, 0.15) is 5.75 Å². The molecule has 2 N–H and O–H groups in total. The predicted octanol–water partition coefficient (Wildman–Crippen LogP) is 1.27. The average Bonchev–Trinajstić information content (AvgIpc) is 3.04. The van der Waals surface area contributed by atoms with Crippen molar-refractivity contribution in [3.05, 3.63) is 54.6 Å². The van der Waals surface area contributed by atoms with Gasteiger partial charge in [0.15, 0.2) is 0 Å². The molecule has 0 spiro atoms. The van der Waals surface area contributed by atoms with Crippen molar-refractivity contribution < 1.29 is 9.76 Å². The Labute approximate surface area is 126 Å². The third-order valence-corrected chi connectivity index (χ3v) is 3.92. The maximum atomic E-state index is 9.46. The molecule has 3 nitrogen and oxygen atoms in total. The van der Waals surface area contributed by atoms with E-state index in [9.17, 15) is 5.11 Å². The number of benzene rings is 2. The van der Waals surface area contributed by atoms with Crippen LogP contribution < -0.4 is 16.2 Å². The van der Waals surface area contributed by atoms with E-state index in [-0.39, 0.29) is 12.7 Å². The largest absolute Gasteiger partial charge is 0.508 e. The molecule has 0 radical (unpaired) electrons. The van der Waals surface area contributed by atoms with Crippen molar-refractivity contribution in [1.82, 2.24) is 5.32 Å². The van der Waals surface area contributed by atoms with Crippen LogP contribution in [0.25, 0.3) is 0 Å². The summed E-state index contributed by atoms with van der Waals surface area (Å²) in [5.74, 6) is 0.281. The van der Waals surface area contributed by atoms with Crippen LogP contribution in [0.4, 0.5) is 0 Å². The lowest BCUT2D eigenvalue weighted by Crippen LogP contribution is -2.47. The van der Waals surface area contributed by atoms with E-state index in [0.29, 0.717) is 12.6 Å². The molecule has 0 bridgehead atoms. The fourth-order valence-corrected chi connectivity index (χ4v) is 2.77. The number of phenols is 1. The van der Waals surface area contributed by atoms with Gasteiger partial charge in [0.2, 0.25) is 0 Å². The molecule has 3 rings (SSSR count). The van der Waals surface area contributed by atoms with Gasteiger partial charge in [0.25, 0.3) is 0 Å². The summed E-state index contributed by atoms with van der Waals surface area (Å²) < 4.78 is 6.19. The van der Waals surface area contributed by atoms with E-state index in [4.69, 9.17) is 4.65 Å². The van der Waals surface area contributed by atoms with Gasteiger partial charge in [-0.25, -0.2) is 0 Å². The van der Waals surface area contributed by atoms with Crippen molar-refractivity contribution >= 4 is 17.8 Å². The summed E-state index contributed by atoms with van der Waals surface area (Å²) in [5, 5.41) is 12.9. The maximum absolute atomic E-state index is 9.46. The SMILES string of the molecule is Oc1ccc(B(OCC2CCCN2)c2ccccc2)cc1. The maximum Gasteiger partial charge on any atom is 0.361 e. The summed E-state index contributed by atoms with van der Waals surface area (Å²) in [6, 6.07) is 18.0. The van der Waals surface area contributed by atoms with E-state index in [2.05, 4.69) is 17.4 Å². The molecule has 0 aliphatic carbocycles. The van der Waals surface area contributed by atoms with Crippen LogP contribution in [0.2, 0.25) is 0 Å². The van der Waals surface area contributed by atoms with Crippen molar-refractivity contribution in [1.29, 1.82) is 0 Å². The zero-order valence-corrected chi connectivity index (χ0v) is 12.0. The van der Waals surface area contributed by atoms with Gasteiger partial charge < -0.3 is 15.1 Å². The van der Waals surface area contributed by atoms with Gasteiger partial charge >= 0.3 is 6.92 Å². The van der Waals surface area contributed by atoms with Crippen LogP contribution in [-0.2, 0) is 4.65 Å². The van der Waals surface area contributed by atoms with E-state index < -0.39 is 0 Å². The Morgan fingerprint density at radius 1 is 1.05 bits per heavy atom. The molecule has 0 saturated carbocycles. The number of phenolic OH excluding ortho intramolecular Hbond substituents is 1. The van der Waals surface area contributed by atoms with E-state index in [1.165, 1.54) is 12.8 Å². The van der Waals surface area contributed by atoms with E-state index in [0.717, 1.165) is 17.5 Å². The first-order valence-electron chi connectivity index (χ1n) is 7.52. The Kier molecular flexibility index (Phi) is 4.58. The molecule has 2 aromatic carbocycles. The quantitative estimate of drug-likeness (QED) is 0.811. The highest BCUT2D eigenvalue weighted by Gasteiger charge is 2.23. The molecule has 1 fully saturated rings. The molecule has 1 atom stereocenters. The second-order valence-corrected chi connectivity index (χ2v) is 5.51. The van der Waals surface area contributed by atoms with Gasteiger partial charge in [-0.2, -0.15) is 0 Å². The second kappa shape index (κ2) is 6.79. The summed E-state index contributed by atoms with van der Waals surface area (Å²) in [6.07, 6.45) is 2.40. The number of hydrogen-bond acceptors (Lipinski definition) is 3. The highest BCUT2D eigenvalue weighted by Crippen LogP contribution is 2.08. The Bertz CT molecular complexity index is 553. The fourth-order valence-electron chi connectivity index (χ4n) is 2.77. The smallest absolute Gasteiger partial charge is 0.361 e. The van der Waals surface area contributed by atoms with Crippen molar-refractivity contribution in [2.24, 2.45) is 0 Å². The van der Waals surface area contributed by atoms with Gasteiger partial charge in [-0.05, 0) is 42.4 Å². The highest BCUT2D eigenvalue weighted by molar-refractivity contribution is 6.80. The zero-order valence-electron chi connectivity index (χ0n) is 12.0. The molecule has 1 heterocycles. The molecule has 0 amide bonds.